The Morgan fingerprint density at radius 1 is 1.21 bits per heavy atom. The maximum absolute atomic E-state index is 12.8. The highest BCUT2D eigenvalue weighted by atomic mass is 32.2. The average Bonchev–Trinajstić information content (AvgIpc) is 3.24. The fourth-order valence-electron chi connectivity index (χ4n) is 2.87. The molecule has 0 fully saturated rings. The highest BCUT2D eigenvalue weighted by Crippen LogP contribution is 2.25. The second-order valence-corrected chi connectivity index (χ2v) is 8.75. The summed E-state index contributed by atoms with van der Waals surface area (Å²) in [5, 5.41) is 3.62. The number of carbonyl (C=O) groups excluding carboxylic acids is 1. The Balaban J connectivity index is 1.74. The Morgan fingerprint density at radius 2 is 2.00 bits per heavy atom. The molecule has 0 aliphatic heterocycles. The van der Waals surface area contributed by atoms with Gasteiger partial charge < -0.3 is 9.73 Å². The number of para-hydroxylation sites is 1. The number of fused-ring (bicyclic) bond motifs is 1. The molecule has 2 heterocycles. The monoisotopic (exact) mass is 401 g/mol. The van der Waals surface area contributed by atoms with Crippen LogP contribution in [0.25, 0.3) is 22.4 Å². The first-order chi connectivity index (χ1) is 13.4. The zero-order chi connectivity index (χ0) is 20.1. The van der Waals surface area contributed by atoms with Crippen LogP contribution in [0.1, 0.15) is 23.7 Å². The first-order valence-electron chi connectivity index (χ1n) is 9.08. The van der Waals surface area contributed by atoms with E-state index in [9.17, 15) is 13.2 Å². The summed E-state index contributed by atoms with van der Waals surface area (Å²) in [6.45, 7) is 2.33. The van der Waals surface area contributed by atoms with Crippen LogP contribution in [0.15, 0.2) is 53.1 Å². The number of nitrogens with one attached hydrogen (secondary N) is 1. The fraction of sp³-hybridized carbons (Fsp3) is 0.300. The molecule has 3 aromatic rings. The standard InChI is InChI=1S/C20H23N3O4S/c1-3-28(25,26)23(2)12-7-11-21-20(24)16-14-18(19-10-6-13-27-19)22-17-9-5-4-8-15(16)17/h4-6,8-10,13-14H,3,7,11-12H2,1-2H3,(H,21,24). The number of rotatable bonds is 8. The molecule has 0 unspecified atom stereocenters. The number of nitrogens with zero attached hydrogens (tertiary/aromatic N) is 2. The molecule has 8 heteroatoms. The number of hydrogen-bond donors (Lipinski definition) is 1. The zero-order valence-corrected chi connectivity index (χ0v) is 16.7. The van der Waals surface area contributed by atoms with E-state index in [1.807, 2.05) is 24.3 Å². The minimum Gasteiger partial charge on any atom is -0.463 e. The molecule has 0 radical (unpaired) electrons. The smallest absolute Gasteiger partial charge is 0.252 e. The fourth-order valence-corrected chi connectivity index (χ4v) is 3.72. The van der Waals surface area contributed by atoms with E-state index in [0.29, 0.717) is 42.0 Å². The number of furan rings is 1. The number of carbonyl (C=O) groups is 1. The van der Waals surface area contributed by atoms with Gasteiger partial charge in [-0.2, -0.15) is 0 Å². The molecule has 3 rings (SSSR count). The summed E-state index contributed by atoms with van der Waals surface area (Å²) in [7, 11) is -1.66. The number of amides is 1. The van der Waals surface area contributed by atoms with E-state index in [1.165, 1.54) is 4.31 Å². The first-order valence-corrected chi connectivity index (χ1v) is 10.7. The summed E-state index contributed by atoms with van der Waals surface area (Å²) in [5.41, 5.74) is 1.80. The van der Waals surface area contributed by atoms with E-state index in [4.69, 9.17) is 4.42 Å². The molecule has 0 bridgehead atoms. The topological polar surface area (TPSA) is 92.5 Å². The molecule has 1 aromatic carbocycles. The quantitative estimate of drug-likeness (QED) is 0.586. The average molecular weight is 401 g/mol. The molecule has 2 aromatic heterocycles. The van der Waals surface area contributed by atoms with Crippen molar-refractivity contribution in [3.8, 4) is 11.5 Å². The Hall–Kier alpha value is -2.71. The molecule has 0 atom stereocenters. The van der Waals surface area contributed by atoms with Gasteiger partial charge in [-0.25, -0.2) is 17.7 Å². The summed E-state index contributed by atoms with van der Waals surface area (Å²) >= 11 is 0. The first kappa shape index (κ1) is 20.0. The van der Waals surface area contributed by atoms with Gasteiger partial charge in [-0.1, -0.05) is 18.2 Å². The van der Waals surface area contributed by atoms with Gasteiger partial charge in [-0.3, -0.25) is 4.79 Å². The van der Waals surface area contributed by atoms with Crippen molar-refractivity contribution in [3.05, 3.63) is 54.3 Å². The van der Waals surface area contributed by atoms with Crippen LogP contribution in [0.4, 0.5) is 0 Å². The molecule has 0 saturated heterocycles. The van der Waals surface area contributed by atoms with Gasteiger partial charge in [0.05, 0.1) is 23.1 Å². The van der Waals surface area contributed by atoms with Crippen molar-refractivity contribution in [1.82, 2.24) is 14.6 Å². The van der Waals surface area contributed by atoms with E-state index >= 15 is 0 Å². The van der Waals surface area contributed by atoms with E-state index in [1.54, 1.807) is 38.4 Å². The second kappa shape index (κ2) is 8.53. The van der Waals surface area contributed by atoms with Crippen molar-refractivity contribution in [3.63, 3.8) is 0 Å². The molecular formula is C20H23N3O4S. The maximum atomic E-state index is 12.8. The zero-order valence-electron chi connectivity index (χ0n) is 15.9. The van der Waals surface area contributed by atoms with Gasteiger partial charge in [0.25, 0.3) is 5.91 Å². The minimum atomic E-state index is -3.21. The Morgan fingerprint density at radius 3 is 2.71 bits per heavy atom. The van der Waals surface area contributed by atoms with Crippen LogP contribution >= 0.6 is 0 Å². The predicted molar refractivity (Wildman–Crippen MR) is 108 cm³/mol. The highest BCUT2D eigenvalue weighted by Gasteiger charge is 2.16. The third kappa shape index (κ3) is 4.40. The van der Waals surface area contributed by atoms with E-state index < -0.39 is 10.0 Å². The van der Waals surface area contributed by atoms with Crippen LogP contribution in [0.5, 0.6) is 0 Å². The lowest BCUT2D eigenvalue weighted by Gasteiger charge is -2.16. The van der Waals surface area contributed by atoms with Gasteiger partial charge >= 0.3 is 0 Å². The molecule has 0 spiro atoms. The van der Waals surface area contributed by atoms with Gasteiger partial charge in [0.2, 0.25) is 10.0 Å². The van der Waals surface area contributed by atoms with Crippen LogP contribution in [0, 0.1) is 0 Å². The van der Waals surface area contributed by atoms with Gasteiger partial charge in [-0.05, 0) is 37.6 Å². The summed E-state index contributed by atoms with van der Waals surface area (Å²) in [4.78, 5) is 17.3. The molecule has 0 aliphatic rings. The second-order valence-electron chi connectivity index (χ2n) is 6.38. The lowest BCUT2D eigenvalue weighted by atomic mass is 10.1. The molecule has 148 valence electrons. The lowest BCUT2D eigenvalue weighted by Crippen LogP contribution is -2.32. The SMILES string of the molecule is CCS(=O)(=O)N(C)CCCNC(=O)c1cc(-c2ccco2)nc2ccccc12. The van der Waals surface area contributed by atoms with Crippen LogP contribution in [0.2, 0.25) is 0 Å². The molecule has 0 saturated carbocycles. The normalized spacial score (nSPS) is 11.8. The number of sulfonamides is 1. The van der Waals surface area contributed by atoms with Crippen molar-refractivity contribution in [2.24, 2.45) is 0 Å². The molecular weight excluding hydrogens is 378 g/mol. The van der Waals surface area contributed by atoms with Crippen molar-refractivity contribution in [1.29, 1.82) is 0 Å². The van der Waals surface area contributed by atoms with Gasteiger partial charge in [0, 0.05) is 25.5 Å². The molecule has 1 amide bonds. The molecule has 7 nitrogen and oxygen atoms in total. The number of aromatic nitrogens is 1. The predicted octanol–water partition coefficient (Wildman–Crippen LogP) is 2.90. The van der Waals surface area contributed by atoms with Crippen molar-refractivity contribution < 1.29 is 17.6 Å². The highest BCUT2D eigenvalue weighted by molar-refractivity contribution is 7.89. The summed E-state index contributed by atoms with van der Waals surface area (Å²) in [6.07, 6.45) is 2.09. The van der Waals surface area contributed by atoms with Gasteiger partial charge in [-0.15, -0.1) is 0 Å². The van der Waals surface area contributed by atoms with Crippen molar-refractivity contribution >= 4 is 26.8 Å². The summed E-state index contributed by atoms with van der Waals surface area (Å²) in [5.74, 6) is 0.424. The summed E-state index contributed by atoms with van der Waals surface area (Å²) in [6, 6.07) is 12.7. The van der Waals surface area contributed by atoms with Gasteiger partial charge in [0.1, 0.15) is 5.69 Å². The molecule has 28 heavy (non-hydrogen) atoms. The van der Waals surface area contributed by atoms with Crippen molar-refractivity contribution in [2.75, 3.05) is 25.9 Å². The summed E-state index contributed by atoms with van der Waals surface area (Å²) < 4.78 is 30.3. The van der Waals surface area contributed by atoms with E-state index in [0.717, 1.165) is 5.39 Å². The van der Waals surface area contributed by atoms with Crippen LogP contribution in [-0.4, -0.2) is 49.5 Å². The third-order valence-electron chi connectivity index (χ3n) is 4.51. The Bertz CT molecular complexity index is 1060. The van der Waals surface area contributed by atoms with Crippen LogP contribution in [0.3, 0.4) is 0 Å². The Kier molecular flexibility index (Phi) is 6.11. The Labute approximate surface area is 164 Å². The number of benzene rings is 1. The maximum Gasteiger partial charge on any atom is 0.252 e. The third-order valence-corrected chi connectivity index (χ3v) is 6.37. The van der Waals surface area contributed by atoms with Crippen LogP contribution < -0.4 is 5.32 Å². The number of hydrogen-bond acceptors (Lipinski definition) is 5. The molecule has 1 N–H and O–H groups in total. The largest absolute Gasteiger partial charge is 0.463 e. The van der Waals surface area contributed by atoms with Crippen molar-refractivity contribution in [2.45, 2.75) is 13.3 Å². The molecule has 0 aliphatic carbocycles. The number of pyridine rings is 1. The van der Waals surface area contributed by atoms with E-state index in [-0.39, 0.29) is 11.7 Å². The minimum absolute atomic E-state index is 0.0639. The van der Waals surface area contributed by atoms with E-state index in [2.05, 4.69) is 10.3 Å². The lowest BCUT2D eigenvalue weighted by molar-refractivity contribution is 0.0954. The van der Waals surface area contributed by atoms with Crippen LogP contribution in [-0.2, 0) is 10.0 Å². The van der Waals surface area contributed by atoms with Gasteiger partial charge in [0.15, 0.2) is 5.76 Å².